The quantitative estimate of drug-likeness (QED) is 0.533. The Morgan fingerprint density at radius 2 is 2.30 bits per heavy atom. The molecular formula is C14H22N4O2. The van der Waals surface area contributed by atoms with Crippen LogP contribution in [0.3, 0.4) is 0 Å². The van der Waals surface area contributed by atoms with Crippen molar-refractivity contribution in [1.82, 2.24) is 16.0 Å². The molecule has 0 bridgehead atoms. The molecular weight excluding hydrogens is 256 g/mol. The predicted molar refractivity (Wildman–Crippen MR) is 77.2 cm³/mol. The summed E-state index contributed by atoms with van der Waals surface area (Å²) in [5, 5.41) is 9.21. The number of hydrogen-bond donors (Lipinski definition) is 3. The monoisotopic (exact) mass is 278 g/mol. The molecule has 3 N–H and O–H groups in total. The number of rotatable bonds is 6. The Morgan fingerprint density at radius 3 is 2.90 bits per heavy atom. The fraction of sp³-hybridized carbons (Fsp3) is 0.571. The first kappa shape index (κ1) is 14.4. The van der Waals surface area contributed by atoms with Crippen LogP contribution in [0.1, 0.15) is 26.0 Å². The average molecular weight is 278 g/mol. The van der Waals surface area contributed by atoms with E-state index in [9.17, 15) is 4.79 Å². The highest BCUT2D eigenvalue weighted by Crippen LogP contribution is 2.28. The largest absolute Gasteiger partial charge is 0.467 e. The standard InChI is InChI=1S/C14H22N4O2/c1-3-15-14(18-12-7-10(12)2)17-9-13(19)16-8-11-5-4-6-20-11/h4-6,10,12H,3,7-9H2,1-2H3,(H,16,19)(H2,15,17,18). The fourth-order valence-corrected chi connectivity index (χ4v) is 1.82. The molecule has 20 heavy (non-hydrogen) atoms. The van der Waals surface area contributed by atoms with E-state index in [0.29, 0.717) is 24.5 Å². The van der Waals surface area contributed by atoms with Gasteiger partial charge in [0.1, 0.15) is 12.3 Å². The van der Waals surface area contributed by atoms with E-state index in [0.717, 1.165) is 18.7 Å². The van der Waals surface area contributed by atoms with E-state index >= 15 is 0 Å². The highest BCUT2D eigenvalue weighted by Gasteiger charge is 2.33. The Hall–Kier alpha value is -1.98. The third kappa shape index (κ3) is 4.60. The summed E-state index contributed by atoms with van der Waals surface area (Å²) in [6.07, 6.45) is 2.75. The van der Waals surface area contributed by atoms with Gasteiger partial charge in [0.25, 0.3) is 0 Å². The zero-order chi connectivity index (χ0) is 14.4. The highest BCUT2D eigenvalue weighted by molar-refractivity contribution is 5.85. The van der Waals surface area contributed by atoms with Gasteiger partial charge in [-0.25, -0.2) is 4.99 Å². The Balaban J connectivity index is 1.74. The average Bonchev–Trinajstić information content (AvgIpc) is 2.93. The molecule has 6 nitrogen and oxygen atoms in total. The maximum atomic E-state index is 11.7. The molecule has 1 heterocycles. The summed E-state index contributed by atoms with van der Waals surface area (Å²) in [7, 11) is 0. The van der Waals surface area contributed by atoms with Gasteiger partial charge >= 0.3 is 0 Å². The van der Waals surface area contributed by atoms with E-state index < -0.39 is 0 Å². The first-order valence-corrected chi connectivity index (χ1v) is 7.03. The van der Waals surface area contributed by atoms with Crippen molar-refractivity contribution in [2.45, 2.75) is 32.9 Å². The van der Waals surface area contributed by atoms with Crippen LogP contribution in [0, 0.1) is 5.92 Å². The molecule has 110 valence electrons. The smallest absolute Gasteiger partial charge is 0.242 e. The molecule has 0 spiro atoms. The van der Waals surface area contributed by atoms with Crippen molar-refractivity contribution < 1.29 is 9.21 Å². The minimum Gasteiger partial charge on any atom is -0.467 e. The van der Waals surface area contributed by atoms with Crippen molar-refractivity contribution in [2.24, 2.45) is 10.9 Å². The van der Waals surface area contributed by atoms with Crippen LogP contribution >= 0.6 is 0 Å². The first-order valence-electron chi connectivity index (χ1n) is 7.03. The molecule has 1 fully saturated rings. The summed E-state index contributed by atoms with van der Waals surface area (Å²) < 4.78 is 5.15. The molecule has 6 heteroatoms. The molecule has 1 aliphatic rings. The molecule has 2 unspecified atom stereocenters. The second-order valence-corrected chi connectivity index (χ2v) is 5.02. The van der Waals surface area contributed by atoms with E-state index in [2.05, 4.69) is 27.9 Å². The predicted octanol–water partition coefficient (Wildman–Crippen LogP) is 0.859. The van der Waals surface area contributed by atoms with Gasteiger partial charge < -0.3 is 20.4 Å². The molecule has 2 atom stereocenters. The molecule has 1 saturated carbocycles. The second-order valence-electron chi connectivity index (χ2n) is 5.02. The first-order chi connectivity index (χ1) is 9.69. The van der Waals surface area contributed by atoms with E-state index in [-0.39, 0.29) is 12.5 Å². The van der Waals surface area contributed by atoms with E-state index in [1.165, 1.54) is 0 Å². The van der Waals surface area contributed by atoms with Gasteiger partial charge in [-0.1, -0.05) is 6.92 Å². The van der Waals surface area contributed by atoms with Crippen LogP contribution in [-0.2, 0) is 11.3 Å². The van der Waals surface area contributed by atoms with Crippen LogP contribution in [0.2, 0.25) is 0 Å². The van der Waals surface area contributed by atoms with Crippen molar-refractivity contribution >= 4 is 11.9 Å². The van der Waals surface area contributed by atoms with Crippen LogP contribution in [0.5, 0.6) is 0 Å². The zero-order valence-electron chi connectivity index (χ0n) is 12.0. The lowest BCUT2D eigenvalue weighted by Gasteiger charge is -2.10. The van der Waals surface area contributed by atoms with Gasteiger partial charge in [0.05, 0.1) is 12.8 Å². The molecule has 1 aliphatic carbocycles. The van der Waals surface area contributed by atoms with Gasteiger partial charge in [0.15, 0.2) is 5.96 Å². The molecule has 1 amide bonds. The van der Waals surface area contributed by atoms with Crippen LogP contribution < -0.4 is 16.0 Å². The molecule has 0 aromatic carbocycles. The van der Waals surface area contributed by atoms with Crippen molar-refractivity contribution in [3.63, 3.8) is 0 Å². The molecule has 0 radical (unpaired) electrons. The van der Waals surface area contributed by atoms with Crippen LogP contribution in [-0.4, -0.2) is 31.0 Å². The van der Waals surface area contributed by atoms with E-state index in [4.69, 9.17) is 4.42 Å². The second kappa shape index (κ2) is 6.98. The van der Waals surface area contributed by atoms with Gasteiger partial charge in [-0.05, 0) is 31.4 Å². The fourth-order valence-electron chi connectivity index (χ4n) is 1.82. The minimum atomic E-state index is -0.123. The van der Waals surface area contributed by atoms with E-state index in [1.807, 2.05) is 13.0 Å². The van der Waals surface area contributed by atoms with Gasteiger partial charge in [-0.2, -0.15) is 0 Å². The third-order valence-electron chi connectivity index (χ3n) is 3.20. The van der Waals surface area contributed by atoms with Gasteiger partial charge in [-0.3, -0.25) is 4.79 Å². The lowest BCUT2D eigenvalue weighted by atomic mass is 10.4. The Morgan fingerprint density at radius 1 is 1.50 bits per heavy atom. The van der Waals surface area contributed by atoms with Crippen LogP contribution in [0.4, 0.5) is 0 Å². The van der Waals surface area contributed by atoms with Crippen molar-refractivity contribution in [1.29, 1.82) is 0 Å². The summed E-state index contributed by atoms with van der Waals surface area (Å²) in [5.41, 5.74) is 0. The lowest BCUT2D eigenvalue weighted by molar-refractivity contribution is -0.119. The van der Waals surface area contributed by atoms with Crippen molar-refractivity contribution in [2.75, 3.05) is 13.1 Å². The SMILES string of the molecule is CCNC(=NCC(=O)NCc1ccco1)NC1CC1C. The Kier molecular flexibility index (Phi) is 5.03. The zero-order valence-corrected chi connectivity index (χ0v) is 12.0. The third-order valence-corrected chi connectivity index (χ3v) is 3.20. The number of nitrogens with one attached hydrogen (secondary N) is 3. The molecule has 0 saturated heterocycles. The molecule has 1 aromatic rings. The van der Waals surface area contributed by atoms with Crippen LogP contribution in [0.25, 0.3) is 0 Å². The molecule has 1 aromatic heterocycles. The number of amides is 1. The number of guanidine groups is 1. The van der Waals surface area contributed by atoms with Gasteiger partial charge in [0, 0.05) is 12.6 Å². The summed E-state index contributed by atoms with van der Waals surface area (Å²) in [6, 6.07) is 4.10. The topological polar surface area (TPSA) is 78.7 Å². The number of aliphatic imine (C=N–C) groups is 1. The summed E-state index contributed by atoms with van der Waals surface area (Å²) >= 11 is 0. The van der Waals surface area contributed by atoms with Gasteiger partial charge in [-0.15, -0.1) is 0 Å². The van der Waals surface area contributed by atoms with Crippen LogP contribution in [0.15, 0.2) is 27.8 Å². The number of carbonyl (C=O) groups excluding carboxylic acids is 1. The van der Waals surface area contributed by atoms with Crippen molar-refractivity contribution in [3.05, 3.63) is 24.2 Å². The lowest BCUT2D eigenvalue weighted by Crippen LogP contribution is -2.40. The number of carbonyl (C=O) groups is 1. The number of furan rings is 1. The summed E-state index contributed by atoms with van der Waals surface area (Å²) in [4.78, 5) is 16.0. The molecule has 0 aliphatic heterocycles. The number of hydrogen-bond acceptors (Lipinski definition) is 3. The normalized spacial score (nSPS) is 21.4. The molecule has 2 rings (SSSR count). The minimum absolute atomic E-state index is 0.108. The maximum Gasteiger partial charge on any atom is 0.242 e. The van der Waals surface area contributed by atoms with Gasteiger partial charge in [0.2, 0.25) is 5.91 Å². The number of nitrogens with zero attached hydrogens (tertiary/aromatic N) is 1. The Labute approximate surface area is 119 Å². The summed E-state index contributed by atoms with van der Waals surface area (Å²) in [6.45, 7) is 5.48. The maximum absolute atomic E-state index is 11.7. The summed E-state index contributed by atoms with van der Waals surface area (Å²) in [5.74, 6) is 2.00. The highest BCUT2D eigenvalue weighted by atomic mass is 16.3. The Bertz CT molecular complexity index is 456. The van der Waals surface area contributed by atoms with E-state index in [1.54, 1.807) is 12.3 Å². The van der Waals surface area contributed by atoms with Crippen molar-refractivity contribution in [3.8, 4) is 0 Å².